The van der Waals surface area contributed by atoms with E-state index in [2.05, 4.69) is 42.0 Å². The maximum absolute atomic E-state index is 4.51. The van der Waals surface area contributed by atoms with Gasteiger partial charge in [-0.1, -0.05) is 6.92 Å². The van der Waals surface area contributed by atoms with Crippen LogP contribution in [0.2, 0.25) is 0 Å². The highest BCUT2D eigenvalue weighted by atomic mass is 79.9. The Morgan fingerprint density at radius 1 is 1.56 bits per heavy atom. The summed E-state index contributed by atoms with van der Waals surface area (Å²) in [6, 6.07) is 0.167. The second-order valence-electron chi connectivity index (χ2n) is 4.06. The molecule has 0 bridgehead atoms. The molecule has 98 valence electrons. The monoisotopic (exact) mass is 329 g/mol. The SMILES string of the molecule is CCc1nn(C)c(CC(NC)c2cnsn2)c1Br. The topological polar surface area (TPSA) is 55.6 Å². The van der Waals surface area contributed by atoms with Crippen molar-refractivity contribution >= 4 is 27.7 Å². The summed E-state index contributed by atoms with van der Waals surface area (Å²) in [6.45, 7) is 2.11. The molecule has 0 saturated heterocycles. The number of hydrogen-bond donors (Lipinski definition) is 1. The quantitative estimate of drug-likeness (QED) is 0.912. The van der Waals surface area contributed by atoms with Crippen molar-refractivity contribution in [1.82, 2.24) is 23.8 Å². The van der Waals surface area contributed by atoms with Gasteiger partial charge in [0, 0.05) is 13.5 Å². The molecule has 2 aromatic heterocycles. The van der Waals surface area contributed by atoms with Crippen LogP contribution in [0, 0.1) is 0 Å². The summed E-state index contributed by atoms with van der Waals surface area (Å²) in [7, 11) is 3.92. The molecule has 0 aromatic carbocycles. The minimum atomic E-state index is 0.167. The van der Waals surface area contributed by atoms with Crippen LogP contribution in [0.25, 0.3) is 0 Å². The van der Waals surface area contributed by atoms with Crippen molar-refractivity contribution in [2.24, 2.45) is 7.05 Å². The van der Waals surface area contributed by atoms with Crippen molar-refractivity contribution in [3.05, 3.63) is 27.8 Å². The van der Waals surface area contributed by atoms with Gasteiger partial charge >= 0.3 is 0 Å². The molecule has 1 atom stereocenters. The zero-order chi connectivity index (χ0) is 13.1. The molecule has 2 aromatic rings. The van der Waals surface area contributed by atoms with E-state index in [0.717, 1.165) is 28.7 Å². The van der Waals surface area contributed by atoms with Gasteiger partial charge in [-0.05, 0) is 29.4 Å². The lowest BCUT2D eigenvalue weighted by Crippen LogP contribution is -2.20. The van der Waals surface area contributed by atoms with Gasteiger partial charge in [0.1, 0.15) is 0 Å². The van der Waals surface area contributed by atoms with Crippen molar-refractivity contribution in [3.63, 3.8) is 0 Å². The molecular weight excluding hydrogens is 314 g/mol. The molecule has 0 aliphatic carbocycles. The predicted molar refractivity (Wildman–Crippen MR) is 75.7 cm³/mol. The average molecular weight is 330 g/mol. The van der Waals surface area contributed by atoms with Crippen molar-refractivity contribution in [2.45, 2.75) is 25.8 Å². The molecule has 5 nitrogen and oxygen atoms in total. The largest absolute Gasteiger partial charge is 0.311 e. The van der Waals surface area contributed by atoms with E-state index in [9.17, 15) is 0 Å². The molecule has 1 unspecified atom stereocenters. The highest BCUT2D eigenvalue weighted by molar-refractivity contribution is 9.10. The first-order chi connectivity index (χ1) is 8.67. The number of rotatable bonds is 5. The van der Waals surface area contributed by atoms with Gasteiger partial charge in [0.15, 0.2) is 0 Å². The van der Waals surface area contributed by atoms with E-state index in [4.69, 9.17) is 0 Å². The standard InChI is InChI=1S/C11H16BrN5S/c1-4-7-11(12)10(17(3)15-7)5-8(13-2)9-6-14-18-16-9/h6,8,13H,4-5H2,1-3H3. The van der Waals surface area contributed by atoms with Crippen LogP contribution in [0.3, 0.4) is 0 Å². The lowest BCUT2D eigenvalue weighted by atomic mass is 10.1. The molecule has 0 radical (unpaired) electrons. The molecule has 1 N–H and O–H groups in total. The first-order valence-corrected chi connectivity index (χ1v) is 7.34. The van der Waals surface area contributed by atoms with Crippen LogP contribution in [0.15, 0.2) is 10.7 Å². The summed E-state index contributed by atoms with van der Waals surface area (Å²) in [6.07, 6.45) is 3.58. The van der Waals surface area contributed by atoms with Gasteiger partial charge in [-0.15, -0.1) is 0 Å². The number of nitrogens with zero attached hydrogens (tertiary/aromatic N) is 4. The molecular formula is C11H16BrN5S. The summed E-state index contributed by atoms with van der Waals surface area (Å²) in [5, 5.41) is 7.78. The van der Waals surface area contributed by atoms with Crippen LogP contribution in [-0.4, -0.2) is 25.6 Å². The Kier molecular flexibility index (Phi) is 4.47. The van der Waals surface area contributed by atoms with Gasteiger partial charge in [-0.3, -0.25) is 4.68 Å². The fraction of sp³-hybridized carbons (Fsp3) is 0.545. The van der Waals surface area contributed by atoms with E-state index in [1.54, 1.807) is 0 Å². The van der Waals surface area contributed by atoms with Crippen LogP contribution >= 0.6 is 27.7 Å². The Balaban J connectivity index is 2.25. The number of nitrogens with one attached hydrogen (secondary N) is 1. The van der Waals surface area contributed by atoms with Crippen molar-refractivity contribution < 1.29 is 0 Å². The third-order valence-corrected chi connectivity index (χ3v) is 4.39. The number of aryl methyl sites for hydroxylation is 2. The lowest BCUT2D eigenvalue weighted by Gasteiger charge is -2.13. The number of aromatic nitrogens is 4. The van der Waals surface area contributed by atoms with E-state index in [0.29, 0.717) is 0 Å². The van der Waals surface area contributed by atoms with Gasteiger partial charge in [0.05, 0.1) is 45.5 Å². The van der Waals surface area contributed by atoms with Crippen molar-refractivity contribution in [2.75, 3.05) is 7.05 Å². The fourth-order valence-electron chi connectivity index (χ4n) is 1.91. The zero-order valence-electron chi connectivity index (χ0n) is 10.6. The van der Waals surface area contributed by atoms with Crippen molar-refractivity contribution in [3.8, 4) is 0 Å². The average Bonchev–Trinajstić information content (AvgIpc) is 2.97. The Bertz CT molecular complexity index is 508. The minimum Gasteiger partial charge on any atom is -0.311 e. The molecule has 2 rings (SSSR count). The van der Waals surface area contributed by atoms with Crippen LogP contribution in [0.5, 0.6) is 0 Å². The Hall–Kier alpha value is -0.790. The number of hydrogen-bond acceptors (Lipinski definition) is 5. The molecule has 0 amide bonds. The van der Waals surface area contributed by atoms with E-state index < -0.39 is 0 Å². The van der Waals surface area contributed by atoms with Crippen LogP contribution in [0.4, 0.5) is 0 Å². The molecule has 0 spiro atoms. The third-order valence-electron chi connectivity index (χ3n) is 2.98. The van der Waals surface area contributed by atoms with E-state index in [-0.39, 0.29) is 6.04 Å². The summed E-state index contributed by atoms with van der Waals surface area (Å²) in [4.78, 5) is 0. The zero-order valence-corrected chi connectivity index (χ0v) is 13.0. The van der Waals surface area contributed by atoms with Gasteiger partial charge < -0.3 is 5.32 Å². The molecule has 0 aliphatic rings. The smallest absolute Gasteiger partial charge is 0.0916 e. The molecule has 18 heavy (non-hydrogen) atoms. The number of likely N-dealkylation sites (N-methyl/N-ethyl adjacent to an activating group) is 1. The second kappa shape index (κ2) is 5.90. The van der Waals surface area contributed by atoms with Crippen LogP contribution in [-0.2, 0) is 19.9 Å². The Labute approximate surface area is 119 Å². The lowest BCUT2D eigenvalue weighted by molar-refractivity contribution is 0.551. The first-order valence-electron chi connectivity index (χ1n) is 5.82. The Morgan fingerprint density at radius 2 is 2.33 bits per heavy atom. The summed E-state index contributed by atoms with van der Waals surface area (Å²) >= 11 is 4.88. The van der Waals surface area contributed by atoms with Gasteiger partial charge in [-0.25, -0.2) is 0 Å². The molecule has 0 aliphatic heterocycles. The highest BCUT2D eigenvalue weighted by Gasteiger charge is 2.19. The van der Waals surface area contributed by atoms with E-state index in [1.165, 1.54) is 17.4 Å². The maximum atomic E-state index is 4.51. The number of halogens is 1. The van der Waals surface area contributed by atoms with E-state index >= 15 is 0 Å². The van der Waals surface area contributed by atoms with Gasteiger partial charge in [0.25, 0.3) is 0 Å². The minimum absolute atomic E-state index is 0.167. The molecule has 0 fully saturated rings. The summed E-state index contributed by atoms with van der Waals surface area (Å²) in [5.41, 5.74) is 3.26. The molecule has 2 heterocycles. The summed E-state index contributed by atoms with van der Waals surface area (Å²) in [5.74, 6) is 0. The van der Waals surface area contributed by atoms with E-state index in [1.807, 2.05) is 25.0 Å². The molecule has 7 heteroatoms. The fourth-order valence-corrected chi connectivity index (χ4v) is 3.16. The second-order valence-corrected chi connectivity index (χ2v) is 5.41. The normalized spacial score (nSPS) is 12.9. The van der Waals surface area contributed by atoms with Crippen molar-refractivity contribution in [1.29, 1.82) is 0 Å². The van der Waals surface area contributed by atoms with Crippen LogP contribution in [0.1, 0.15) is 30.0 Å². The summed E-state index contributed by atoms with van der Waals surface area (Å²) < 4.78 is 11.4. The Morgan fingerprint density at radius 3 is 2.83 bits per heavy atom. The maximum Gasteiger partial charge on any atom is 0.0916 e. The van der Waals surface area contributed by atoms with Gasteiger partial charge in [-0.2, -0.15) is 13.8 Å². The highest BCUT2D eigenvalue weighted by Crippen LogP contribution is 2.26. The first kappa shape index (κ1) is 13.6. The predicted octanol–water partition coefficient (Wildman–Crippen LogP) is 2.10. The molecule has 0 saturated carbocycles. The van der Waals surface area contributed by atoms with Crippen LogP contribution < -0.4 is 5.32 Å². The van der Waals surface area contributed by atoms with Gasteiger partial charge in [0.2, 0.25) is 0 Å². The third kappa shape index (κ3) is 2.62.